The number of fused-ring (bicyclic) bond motifs is 1. The number of thiophene rings is 1. The summed E-state index contributed by atoms with van der Waals surface area (Å²) in [4.78, 5) is 25.8. The zero-order chi connectivity index (χ0) is 22.8. The maximum atomic E-state index is 13.0. The van der Waals surface area contributed by atoms with E-state index in [1.165, 1.54) is 16.9 Å². The zero-order valence-electron chi connectivity index (χ0n) is 19.2. The molecule has 1 N–H and O–H groups in total. The number of hydrogen-bond donors (Lipinski definition) is 1. The van der Waals surface area contributed by atoms with Gasteiger partial charge >= 0.3 is 0 Å². The second-order valence-corrected chi connectivity index (χ2v) is 9.37. The van der Waals surface area contributed by atoms with Crippen molar-refractivity contribution in [3.63, 3.8) is 0 Å². The van der Waals surface area contributed by atoms with Gasteiger partial charge in [0, 0.05) is 24.2 Å². The number of aromatic nitrogens is 2. The van der Waals surface area contributed by atoms with Crippen LogP contribution in [-0.2, 0) is 13.1 Å². The monoisotopic (exact) mass is 444 g/mol. The number of rotatable bonds is 6. The normalized spacial score (nSPS) is 11.3. The third-order valence-corrected chi connectivity index (χ3v) is 6.69. The van der Waals surface area contributed by atoms with Gasteiger partial charge in [0.2, 0.25) is 0 Å². The minimum absolute atomic E-state index is 0.0707. The van der Waals surface area contributed by atoms with E-state index in [-0.39, 0.29) is 5.91 Å². The van der Waals surface area contributed by atoms with Crippen molar-refractivity contribution < 1.29 is 4.79 Å². The summed E-state index contributed by atoms with van der Waals surface area (Å²) < 4.78 is 0. The van der Waals surface area contributed by atoms with Crippen LogP contribution in [0.4, 0.5) is 0 Å². The van der Waals surface area contributed by atoms with E-state index >= 15 is 0 Å². The first-order valence-corrected chi connectivity index (χ1v) is 11.5. The minimum atomic E-state index is -0.0707. The van der Waals surface area contributed by atoms with Crippen molar-refractivity contribution in [3.8, 4) is 11.1 Å². The van der Waals surface area contributed by atoms with Gasteiger partial charge in [-0.1, -0.05) is 48.5 Å². The van der Waals surface area contributed by atoms with E-state index in [9.17, 15) is 4.79 Å². The molecule has 1 amide bonds. The Labute approximate surface area is 193 Å². The largest absolute Gasteiger partial charge is 0.347 e. The molecule has 0 fully saturated rings. The predicted octanol–water partition coefficient (Wildman–Crippen LogP) is 5.28. The minimum Gasteiger partial charge on any atom is -0.347 e. The van der Waals surface area contributed by atoms with Crippen LogP contribution in [0.15, 0.2) is 48.5 Å². The molecule has 0 unspecified atom stereocenters. The molecule has 4 rings (SSSR count). The number of nitrogens with one attached hydrogen (secondary N) is 1. The molecule has 2 heterocycles. The molecule has 0 saturated carbocycles. The van der Waals surface area contributed by atoms with Crippen LogP contribution < -0.4 is 5.32 Å². The van der Waals surface area contributed by atoms with Crippen LogP contribution in [0.5, 0.6) is 0 Å². The van der Waals surface area contributed by atoms with Gasteiger partial charge in [-0.2, -0.15) is 0 Å². The molecule has 4 aromatic rings. The fourth-order valence-electron chi connectivity index (χ4n) is 4.06. The first kappa shape index (κ1) is 22.1. The Balaban J connectivity index is 1.55. The Morgan fingerprint density at radius 3 is 2.44 bits per heavy atom. The Bertz CT molecular complexity index is 1280. The van der Waals surface area contributed by atoms with Crippen molar-refractivity contribution in [2.75, 3.05) is 14.1 Å². The SMILES string of the molecule is Cc1nc(C)c2c(C)c(C(=O)NCc3ccccc3-c3ccc(CN(C)C)cc3)sc2n1. The second kappa shape index (κ2) is 9.18. The van der Waals surface area contributed by atoms with Crippen LogP contribution >= 0.6 is 11.3 Å². The maximum absolute atomic E-state index is 13.0. The van der Waals surface area contributed by atoms with E-state index in [0.29, 0.717) is 11.4 Å². The molecule has 0 aliphatic heterocycles. The fourth-order valence-corrected chi connectivity index (χ4v) is 5.25. The van der Waals surface area contributed by atoms with E-state index in [4.69, 9.17) is 0 Å². The number of nitrogens with zero attached hydrogens (tertiary/aromatic N) is 3. The number of hydrogen-bond acceptors (Lipinski definition) is 5. The average Bonchev–Trinajstić information content (AvgIpc) is 3.09. The first-order valence-electron chi connectivity index (χ1n) is 10.7. The van der Waals surface area contributed by atoms with Gasteiger partial charge < -0.3 is 10.2 Å². The Morgan fingerprint density at radius 2 is 1.72 bits per heavy atom. The molecule has 2 aromatic carbocycles. The summed E-state index contributed by atoms with van der Waals surface area (Å²) >= 11 is 1.44. The summed E-state index contributed by atoms with van der Waals surface area (Å²) in [7, 11) is 4.14. The van der Waals surface area contributed by atoms with Crippen LogP contribution in [0.1, 0.15) is 37.9 Å². The highest BCUT2D eigenvalue weighted by atomic mass is 32.1. The standard InChI is InChI=1S/C26H28N4OS/c1-16-23-17(2)28-18(3)29-26(23)32-24(16)25(31)27-14-21-8-6-7-9-22(21)20-12-10-19(11-13-20)15-30(4)5/h6-13H,14-15H2,1-5H3,(H,27,31). The van der Waals surface area contributed by atoms with Crippen molar-refractivity contribution in [3.05, 3.63) is 81.6 Å². The van der Waals surface area contributed by atoms with Gasteiger partial charge in [-0.15, -0.1) is 11.3 Å². The molecular formula is C26H28N4OS. The third-order valence-electron chi connectivity index (χ3n) is 5.51. The molecule has 0 saturated heterocycles. The Morgan fingerprint density at radius 1 is 1.00 bits per heavy atom. The third kappa shape index (κ3) is 4.56. The van der Waals surface area contributed by atoms with Crippen LogP contribution in [0, 0.1) is 20.8 Å². The van der Waals surface area contributed by atoms with Gasteiger partial charge in [-0.05, 0) is 62.7 Å². The molecular weight excluding hydrogens is 416 g/mol. The molecule has 5 nitrogen and oxygen atoms in total. The van der Waals surface area contributed by atoms with E-state index in [2.05, 4.69) is 70.7 Å². The van der Waals surface area contributed by atoms with Crippen LogP contribution in [0.25, 0.3) is 21.3 Å². The number of amides is 1. The van der Waals surface area contributed by atoms with Crippen LogP contribution in [-0.4, -0.2) is 34.9 Å². The molecule has 164 valence electrons. The number of benzene rings is 2. The molecule has 0 radical (unpaired) electrons. The fraction of sp³-hybridized carbons (Fsp3) is 0.269. The zero-order valence-corrected chi connectivity index (χ0v) is 20.0. The summed E-state index contributed by atoms with van der Waals surface area (Å²) in [5.41, 5.74) is 6.52. The van der Waals surface area contributed by atoms with Gasteiger partial charge in [0.05, 0.1) is 4.88 Å². The van der Waals surface area contributed by atoms with Gasteiger partial charge in [0.25, 0.3) is 5.91 Å². The molecule has 2 aromatic heterocycles. The first-order chi connectivity index (χ1) is 15.3. The molecule has 32 heavy (non-hydrogen) atoms. The summed E-state index contributed by atoms with van der Waals surface area (Å²) in [5.74, 6) is 0.660. The molecule has 0 spiro atoms. The van der Waals surface area contributed by atoms with Crippen molar-refractivity contribution in [1.29, 1.82) is 0 Å². The second-order valence-electron chi connectivity index (χ2n) is 8.37. The van der Waals surface area contributed by atoms with Crippen molar-refractivity contribution >= 4 is 27.5 Å². The highest BCUT2D eigenvalue weighted by molar-refractivity contribution is 7.20. The van der Waals surface area contributed by atoms with E-state index < -0.39 is 0 Å². The van der Waals surface area contributed by atoms with Gasteiger partial charge in [-0.25, -0.2) is 9.97 Å². The highest BCUT2D eigenvalue weighted by Crippen LogP contribution is 2.31. The number of carbonyl (C=O) groups excluding carboxylic acids is 1. The molecule has 0 aliphatic carbocycles. The van der Waals surface area contributed by atoms with Gasteiger partial charge in [0.15, 0.2) is 0 Å². The summed E-state index contributed by atoms with van der Waals surface area (Å²) in [5, 5.41) is 4.11. The van der Waals surface area contributed by atoms with Crippen molar-refractivity contribution in [2.24, 2.45) is 0 Å². The predicted molar refractivity (Wildman–Crippen MR) is 132 cm³/mol. The lowest BCUT2D eigenvalue weighted by Gasteiger charge is -2.13. The Hall–Kier alpha value is -3.09. The van der Waals surface area contributed by atoms with E-state index in [0.717, 1.165) is 50.5 Å². The molecule has 0 atom stereocenters. The van der Waals surface area contributed by atoms with E-state index in [1.807, 2.05) is 32.9 Å². The Kier molecular flexibility index (Phi) is 6.35. The molecule has 0 bridgehead atoms. The average molecular weight is 445 g/mol. The lowest BCUT2D eigenvalue weighted by atomic mass is 9.98. The number of carbonyl (C=O) groups is 1. The van der Waals surface area contributed by atoms with Crippen LogP contribution in [0.3, 0.4) is 0 Å². The van der Waals surface area contributed by atoms with Gasteiger partial charge in [-0.3, -0.25) is 4.79 Å². The van der Waals surface area contributed by atoms with Crippen molar-refractivity contribution in [1.82, 2.24) is 20.2 Å². The van der Waals surface area contributed by atoms with Gasteiger partial charge in [0.1, 0.15) is 10.7 Å². The highest BCUT2D eigenvalue weighted by Gasteiger charge is 2.19. The summed E-state index contributed by atoms with van der Waals surface area (Å²) in [6, 6.07) is 16.9. The summed E-state index contributed by atoms with van der Waals surface area (Å²) in [6.07, 6.45) is 0. The molecule has 0 aliphatic rings. The lowest BCUT2D eigenvalue weighted by Crippen LogP contribution is -2.22. The van der Waals surface area contributed by atoms with Crippen LogP contribution in [0.2, 0.25) is 0 Å². The number of aryl methyl sites for hydroxylation is 3. The topological polar surface area (TPSA) is 58.1 Å². The smallest absolute Gasteiger partial charge is 0.261 e. The molecule has 6 heteroatoms. The van der Waals surface area contributed by atoms with E-state index in [1.54, 1.807) is 0 Å². The quantitative estimate of drug-likeness (QED) is 0.440. The maximum Gasteiger partial charge on any atom is 0.261 e. The lowest BCUT2D eigenvalue weighted by molar-refractivity contribution is 0.0954. The summed E-state index contributed by atoms with van der Waals surface area (Å²) in [6.45, 7) is 7.20. The van der Waals surface area contributed by atoms with Crippen molar-refractivity contribution in [2.45, 2.75) is 33.9 Å².